The number of ether oxygens (including phenoxy) is 2. The molecule has 0 saturated carbocycles. The van der Waals surface area contributed by atoms with Crippen LogP contribution in [0.2, 0.25) is 0 Å². The van der Waals surface area contributed by atoms with Gasteiger partial charge in [-0.25, -0.2) is 9.97 Å². The van der Waals surface area contributed by atoms with E-state index in [0.717, 1.165) is 37.7 Å². The number of rotatable bonds is 6. The Morgan fingerprint density at radius 2 is 1.93 bits per heavy atom. The van der Waals surface area contributed by atoms with Crippen LogP contribution in [0.15, 0.2) is 59.2 Å². The fourth-order valence-electron chi connectivity index (χ4n) is 3.06. The highest BCUT2D eigenvalue weighted by molar-refractivity contribution is 7.98. The van der Waals surface area contributed by atoms with Gasteiger partial charge in [0, 0.05) is 16.7 Å². The molecule has 2 aromatic carbocycles. The lowest BCUT2D eigenvalue weighted by Gasteiger charge is -2.10. The van der Waals surface area contributed by atoms with Gasteiger partial charge >= 0.3 is 0 Å². The molecule has 0 spiro atoms. The van der Waals surface area contributed by atoms with E-state index in [4.69, 9.17) is 14.7 Å². The van der Waals surface area contributed by atoms with E-state index < -0.39 is 0 Å². The Hall–Kier alpha value is -3.08. The van der Waals surface area contributed by atoms with Gasteiger partial charge in [0.25, 0.3) is 0 Å². The zero-order valence-electron chi connectivity index (χ0n) is 15.9. The average Bonchev–Trinajstić information content (AvgIpc) is 3.22. The smallest absolute Gasteiger partial charge is 0.161 e. The van der Waals surface area contributed by atoms with Crippen LogP contribution in [0.25, 0.3) is 21.3 Å². The van der Waals surface area contributed by atoms with Crippen LogP contribution in [-0.2, 0) is 5.75 Å². The predicted molar refractivity (Wildman–Crippen MR) is 117 cm³/mol. The number of aromatic nitrogens is 2. The molecule has 0 amide bonds. The molecule has 2 aromatic heterocycles. The summed E-state index contributed by atoms with van der Waals surface area (Å²) in [4.78, 5) is 9.92. The van der Waals surface area contributed by atoms with Gasteiger partial charge in [-0.15, -0.1) is 23.1 Å². The SMILES string of the molecule is COc1ccc(-c2csc3ncnc(SCc4cccc(C#N)c4)c23)cc1OC. The van der Waals surface area contributed by atoms with Gasteiger partial charge in [-0.3, -0.25) is 0 Å². The van der Waals surface area contributed by atoms with Crippen molar-refractivity contribution in [2.75, 3.05) is 14.2 Å². The Kier molecular flexibility index (Phi) is 5.65. The van der Waals surface area contributed by atoms with Crippen LogP contribution in [0.3, 0.4) is 0 Å². The fraction of sp³-hybridized carbons (Fsp3) is 0.136. The molecule has 4 rings (SSSR count). The number of thioether (sulfide) groups is 1. The van der Waals surface area contributed by atoms with Crippen molar-refractivity contribution in [1.82, 2.24) is 9.97 Å². The summed E-state index contributed by atoms with van der Waals surface area (Å²) in [5.74, 6) is 2.10. The van der Waals surface area contributed by atoms with E-state index >= 15 is 0 Å². The van der Waals surface area contributed by atoms with Crippen molar-refractivity contribution < 1.29 is 9.47 Å². The molecule has 0 aliphatic heterocycles. The highest BCUT2D eigenvalue weighted by Gasteiger charge is 2.15. The van der Waals surface area contributed by atoms with Crippen molar-refractivity contribution in [3.05, 3.63) is 65.3 Å². The number of hydrogen-bond acceptors (Lipinski definition) is 7. The first-order chi connectivity index (χ1) is 14.2. The number of methoxy groups -OCH3 is 2. The average molecular weight is 420 g/mol. The zero-order chi connectivity index (χ0) is 20.2. The largest absolute Gasteiger partial charge is 0.493 e. The highest BCUT2D eigenvalue weighted by atomic mass is 32.2. The van der Waals surface area contributed by atoms with E-state index in [1.165, 1.54) is 0 Å². The van der Waals surface area contributed by atoms with Gasteiger partial charge in [-0.1, -0.05) is 18.2 Å². The number of hydrogen-bond donors (Lipinski definition) is 0. The number of fused-ring (bicyclic) bond motifs is 1. The molecular formula is C22H17N3O2S2. The summed E-state index contributed by atoms with van der Waals surface area (Å²) < 4.78 is 10.8. The van der Waals surface area contributed by atoms with Crippen molar-refractivity contribution in [3.63, 3.8) is 0 Å². The summed E-state index contributed by atoms with van der Waals surface area (Å²) in [5, 5.41) is 13.2. The van der Waals surface area contributed by atoms with Crippen LogP contribution in [0.1, 0.15) is 11.1 Å². The Morgan fingerprint density at radius 1 is 1.07 bits per heavy atom. The monoisotopic (exact) mass is 419 g/mol. The maximum absolute atomic E-state index is 9.11. The maximum atomic E-state index is 9.11. The predicted octanol–water partition coefficient (Wildman–Crippen LogP) is 5.54. The number of benzene rings is 2. The molecule has 0 bridgehead atoms. The third kappa shape index (κ3) is 3.90. The molecule has 0 unspecified atom stereocenters. The minimum absolute atomic E-state index is 0.664. The molecule has 144 valence electrons. The van der Waals surface area contributed by atoms with Crippen molar-refractivity contribution in [2.24, 2.45) is 0 Å². The summed E-state index contributed by atoms with van der Waals surface area (Å²) in [6, 6.07) is 15.7. The maximum Gasteiger partial charge on any atom is 0.161 e. The minimum Gasteiger partial charge on any atom is -0.493 e. The molecule has 0 aliphatic carbocycles. The molecule has 5 nitrogen and oxygen atoms in total. The molecule has 29 heavy (non-hydrogen) atoms. The Morgan fingerprint density at radius 3 is 2.72 bits per heavy atom. The Labute approximate surface area is 177 Å². The molecule has 0 radical (unpaired) electrons. The van der Waals surface area contributed by atoms with E-state index in [1.54, 1.807) is 43.6 Å². The third-order valence-electron chi connectivity index (χ3n) is 4.46. The fourth-order valence-corrected chi connectivity index (χ4v) is 4.99. The van der Waals surface area contributed by atoms with Crippen molar-refractivity contribution in [2.45, 2.75) is 10.8 Å². The number of nitriles is 1. The number of nitrogens with zero attached hydrogens (tertiary/aromatic N) is 3. The summed E-state index contributed by atoms with van der Waals surface area (Å²) in [7, 11) is 3.26. The second-order valence-electron chi connectivity index (χ2n) is 6.18. The second-order valence-corrected chi connectivity index (χ2v) is 8.00. The zero-order valence-corrected chi connectivity index (χ0v) is 17.5. The molecule has 7 heteroatoms. The third-order valence-corrected chi connectivity index (χ3v) is 6.41. The first kappa shape index (κ1) is 19.2. The van der Waals surface area contributed by atoms with Crippen LogP contribution in [0.4, 0.5) is 0 Å². The molecule has 0 saturated heterocycles. The molecular weight excluding hydrogens is 402 g/mol. The lowest BCUT2D eigenvalue weighted by Crippen LogP contribution is -1.91. The van der Waals surface area contributed by atoms with E-state index in [-0.39, 0.29) is 0 Å². The van der Waals surface area contributed by atoms with Gasteiger partial charge in [0.05, 0.1) is 31.2 Å². The van der Waals surface area contributed by atoms with Crippen LogP contribution in [0.5, 0.6) is 11.5 Å². The van der Waals surface area contributed by atoms with Gasteiger partial charge in [-0.05, 0) is 35.4 Å². The van der Waals surface area contributed by atoms with Crippen LogP contribution in [0, 0.1) is 11.3 Å². The molecule has 4 aromatic rings. The number of thiophene rings is 1. The van der Waals surface area contributed by atoms with Gasteiger partial charge in [-0.2, -0.15) is 5.26 Å². The van der Waals surface area contributed by atoms with Crippen LogP contribution in [-0.4, -0.2) is 24.2 Å². The van der Waals surface area contributed by atoms with E-state index in [2.05, 4.69) is 21.4 Å². The van der Waals surface area contributed by atoms with Crippen molar-refractivity contribution in [1.29, 1.82) is 5.26 Å². The summed E-state index contributed by atoms with van der Waals surface area (Å²) in [6.07, 6.45) is 1.60. The second kappa shape index (κ2) is 8.52. The van der Waals surface area contributed by atoms with Gasteiger partial charge < -0.3 is 9.47 Å². The molecule has 2 heterocycles. The Bertz CT molecular complexity index is 1210. The summed E-state index contributed by atoms with van der Waals surface area (Å²) in [6.45, 7) is 0. The van der Waals surface area contributed by atoms with Gasteiger partial charge in [0.1, 0.15) is 16.2 Å². The van der Waals surface area contributed by atoms with Crippen LogP contribution < -0.4 is 9.47 Å². The highest BCUT2D eigenvalue weighted by Crippen LogP contribution is 2.41. The summed E-state index contributed by atoms with van der Waals surface area (Å²) in [5.41, 5.74) is 3.85. The topological polar surface area (TPSA) is 68.0 Å². The Balaban J connectivity index is 1.71. The lowest BCUT2D eigenvalue weighted by molar-refractivity contribution is 0.355. The van der Waals surface area contributed by atoms with Crippen molar-refractivity contribution in [3.8, 4) is 28.7 Å². The first-order valence-corrected chi connectivity index (χ1v) is 10.7. The molecule has 0 fully saturated rings. The standard InChI is InChI=1S/C22H17N3O2S2/c1-26-18-7-6-16(9-19(18)27-2)17-12-29-22-20(17)21(24-13-25-22)28-11-15-5-3-4-14(8-15)10-23/h3-9,12-13H,11H2,1-2H3. The summed E-state index contributed by atoms with van der Waals surface area (Å²) >= 11 is 3.24. The molecule has 0 atom stereocenters. The van der Waals surface area contributed by atoms with E-state index in [0.29, 0.717) is 17.1 Å². The minimum atomic E-state index is 0.664. The van der Waals surface area contributed by atoms with E-state index in [1.807, 2.05) is 42.5 Å². The van der Waals surface area contributed by atoms with E-state index in [9.17, 15) is 0 Å². The van der Waals surface area contributed by atoms with Crippen molar-refractivity contribution >= 4 is 33.3 Å². The van der Waals surface area contributed by atoms with Gasteiger partial charge in [0.2, 0.25) is 0 Å². The molecule has 0 N–H and O–H groups in total. The molecule has 0 aliphatic rings. The lowest BCUT2D eigenvalue weighted by atomic mass is 10.1. The quantitative estimate of drug-likeness (QED) is 0.302. The first-order valence-electron chi connectivity index (χ1n) is 8.80. The normalized spacial score (nSPS) is 10.7. The van der Waals surface area contributed by atoms with Gasteiger partial charge in [0.15, 0.2) is 11.5 Å². The van der Waals surface area contributed by atoms with Crippen LogP contribution >= 0.6 is 23.1 Å².